The van der Waals surface area contributed by atoms with Crippen LogP contribution >= 0.6 is 0 Å². The lowest BCUT2D eigenvalue weighted by Crippen LogP contribution is -2.48. The molecule has 1 unspecified atom stereocenters. The highest BCUT2D eigenvalue weighted by atomic mass is 16.5. The fraction of sp³-hybridized carbons (Fsp3) is 0.909. The van der Waals surface area contributed by atoms with Gasteiger partial charge in [-0.1, -0.05) is 13.8 Å². The van der Waals surface area contributed by atoms with Gasteiger partial charge in [0.2, 0.25) is 5.91 Å². The maximum Gasteiger partial charge on any atom is 0.250 e. The molecule has 0 saturated carbocycles. The molecule has 0 aromatic carbocycles. The van der Waals surface area contributed by atoms with Crippen molar-refractivity contribution >= 4 is 5.91 Å². The zero-order valence-corrected chi connectivity index (χ0v) is 9.71. The second kappa shape index (κ2) is 6.80. The Hall–Kier alpha value is -0.610. The Morgan fingerprint density at radius 3 is 3.00 bits per heavy atom. The van der Waals surface area contributed by atoms with E-state index >= 15 is 0 Å². The van der Waals surface area contributed by atoms with Gasteiger partial charge in [0.1, 0.15) is 6.10 Å². The highest BCUT2D eigenvalue weighted by Crippen LogP contribution is 2.02. The maximum absolute atomic E-state index is 11.6. The van der Waals surface area contributed by atoms with Gasteiger partial charge < -0.3 is 15.4 Å². The van der Waals surface area contributed by atoms with Crippen molar-refractivity contribution in [2.24, 2.45) is 5.92 Å². The van der Waals surface area contributed by atoms with Gasteiger partial charge in [-0.05, 0) is 18.8 Å². The monoisotopic (exact) mass is 214 g/mol. The summed E-state index contributed by atoms with van der Waals surface area (Å²) < 4.78 is 5.34. The number of nitrogens with one attached hydrogen (secondary N) is 2. The summed E-state index contributed by atoms with van der Waals surface area (Å²) in [4.78, 5) is 11.6. The van der Waals surface area contributed by atoms with Crippen molar-refractivity contribution in [3.05, 3.63) is 0 Å². The molecular formula is C11H22N2O2. The van der Waals surface area contributed by atoms with Crippen LogP contribution in [0.4, 0.5) is 0 Å². The molecule has 2 N–H and O–H groups in total. The van der Waals surface area contributed by atoms with Gasteiger partial charge in [-0.2, -0.15) is 0 Å². The molecule has 1 amide bonds. The van der Waals surface area contributed by atoms with Gasteiger partial charge in [-0.25, -0.2) is 0 Å². The topological polar surface area (TPSA) is 50.4 Å². The molecule has 1 aliphatic rings. The summed E-state index contributed by atoms with van der Waals surface area (Å²) in [5.74, 6) is 0.723. The van der Waals surface area contributed by atoms with Gasteiger partial charge >= 0.3 is 0 Å². The van der Waals surface area contributed by atoms with E-state index in [0.29, 0.717) is 19.1 Å². The molecule has 4 nitrogen and oxygen atoms in total. The molecule has 1 atom stereocenters. The van der Waals surface area contributed by atoms with Crippen molar-refractivity contribution in [3.63, 3.8) is 0 Å². The minimum Gasteiger partial charge on any atom is -0.366 e. The Bertz CT molecular complexity index is 189. The Morgan fingerprint density at radius 2 is 2.40 bits per heavy atom. The van der Waals surface area contributed by atoms with Crippen molar-refractivity contribution in [3.8, 4) is 0 Å². The molecule has 4 heteroatoms. The molecule has 0 spiro atoms. The van der Waals surface area contributed by atoms with Crippen molar-refractivity contribution in [1.82, 2.24) is 10.6 Å². The highest BCUT2D eigenvalue weighted by Gasteiger charge is 2.20. The van der Waals surface area contributed by atoms with Crippen LogP contribution in [0.3, 0.4) is 0 Å². The lowest BCUT2D eigenvalue weighted by atomic mass is 10.1. The fourth-order valence-electron chi connectivity index (χ4n) is 1.57. The Balaban J connectivity index is 2.07. The molecule has 1 rings (SSSR count). The number of carbonyl (C=O) groups is 1. The first-order valence-corrected chi connectivity index (χ1v) is 5.80. The summed E-state index contributed by atoms with van der Waals surface area (Å²) in [6.45, 7) is 7.25. The number of amides is 1. The molecule has 0 aromatic heterocycles. The van der Waals surface area contributed by atoms with Crippen LogP contribution in [0.25, 0.3) is 0 Å². The smallest absolute Gasteiger partial charge is 0.250 e. The quantitative estimate of drug-likeness (QED) is 0.656. The van der Waals surface area contributed by atoms with Crippen LogP contribution in [0.2, 0.25) is 0 Å². The third-order valence-electron chi connectivity index (χ3n) is 2.48. The SMILES string of the molecule is CC(C)CCCNC(=O)C1CNCCO1. The number of hydrogen-bond acceptors (Lipinski definition) is 3. The first-order valence-electron chi connectivity index (χ1n) is 5.80. The number of rotatable bonds is 5. The molecule has 0 aromatic rings. The van der Waals surface area contributed by atoms with Crippen LogP contribution in [0, 0.1) is 5.92 Å². The fourth-order valence-corrected chi connectivity index (χ4v) is 1.57. The van der Waals surface area contributed by atoms with Crippen LogP contribution < -0.4 is 10.6 Å². The average Bonchev–Trinajstić information content (AvgIpc) is 2.25. The second-order valence-electron chi connectivity index (χ2n) is 4.39. The van der Waals surface area contributed by atoms with Gasteiger partial charge in [0.05, 0.1) is 6.61 Å². The van der Waals surface area contributed by atoms with E-state index < -0.39 is 0 Å². The van der Waals surface area contributed by atoms with Crippen molar-refractivity contribution in [1.29, 1.82) is 0 Å². The van der Waals surface area contributed by atoms with E-state index in [0.717, 1.165) is 25.9 Å². The number of ether oxygens (including phenoxy) is 1. The zero-order valence-electron chi connectivity index (χ0n) is 9.71. The van der Waals surface area contributed by atoms with Crippen molar-refractivity contribution < 1.29 is 9.53 Å². The Kier molecular flexibility index (Phi) is 5.65. The van der Waals surface area contributed by atoms with Crippen LogP contribution in [0.5, 0.6) is 0 Å². The summed E-state index contributed by atoms with van der Waals surface area (Å²) in [6, 6.07) is 0. The van der Waals surface area contributed by atoms with Gasteiger partial charge in [0.25, 0.3) is 0 Å². The maximum atomic E-state index is 11.6. The summed E-state index contributed by atoms with van der Waals surface area (Å²) in [7, 11) is 0. The van der Waals surface area contributed by atoms with Crippen molar-refractivity contribution in [2.75, 3.05) is 26.2 Å². The summed E-state index contributed by atoms with van der Waals surface area (Å²) in [6.07, 6.45) is 1.91. The number of carbonyl (C=O) groups excluding carboxylic acids is 1. The number of hydrogen-bond donors (Lipinski definition) is 2. The number of morpholine rings is 1. The van der Waals surface area contributed by atoms with E-state index in [9.17, 15) is 4.79 Å². The molecule has 88 valence electrons. The van der Waals surface area contributed by atoms with Crippen molar-refractivity contribution in [2.45, 2.75) is 32.8 Å². The van der Waals surface area contributed by atoms with Gasteiger partial charge in [0.15, 0.2) is 0 Å². The average molecular weight is 214 g/mol. The zero-order chi connectivity index (χ0) is 11.1. The third kappa shape index (κ3) is 5.14. The van der Waals surface area contributed by atoms with E-state index in [1.54, 1.807) is 0 Å². The lowest BCUT2D eigenvalue weighted by molar-refractivity contribution is -0.134. The van der Waals surface area contributed by atoms with E-state index in [1.807, 2.05) is 0 Å². The summed E-state index contributed by atoms with van der Waals surface area (Å²) in [5, 5.41) is 6.04. The molecule has 0 bridgehead atoms. The molecule has 15 heavy (non-hydrogen) atoms. The molecule has 0 radical (unpaired) electrons. The lowest BCUT2D eigenvalue weighted by Gasteiger charge is -2.22. The van der Waals surface area contributed by atoms with Gasteiger partial charge in [-0.3, -0.25) is 4.79 Å². The standard InChI is InChI=1S/C11H22N2O2/c1-9(2)4-3-5-13-11(14)10-8-12-6-7-15-10/h9-10,12H,3-8H2,1-2H3,(H,13,14). The molecule has 1 aliphatic heterocycles. The highest BCUT2D eigenvalue weighted by molar-refractivity contribution is 5.81. The minimum absolute atomic E-state index is 0.0194. The molecular weight excluding hydrogens is 192 g/mol. The third-order valence-corrected chi connectivity index (χ3v) is 2.48. The first kappa shape index (κ1) is 12.5. The molecule has 1 heterocycles. The molecule has 1 fully saturated rings. The van der Waals surface area contributed by atoms with E-state index in [1.165, 1.54) is 0 Å². The van der Waals surface area contributed by atoms with E-state index in [4.69, 9.17) is 4.74 Å². The molecule has 1 saturated heterocycles. The Morgan fingerprint density at radius 1 is 1.60 bits per heavy atom. The molecule has 0 aliphatic carbocycles. The largest absolute Gasteiger partial charge is 0.366 e. The van der Waals surface area contributed by atoms with Crippen LogP contribution in [0.15, 0.2) is 0 Å². The predicted molar refractivity (Wildman–Crippen MR) is 59.7 cm³/mol. The van der Waals surface area contributed by atoms with Crippen LogP contribution in [0.1, 0.15) is 26.7 Å². The van der Waals surface area contributed by atoms with Gasteiger partial charge in [0, 0.05) is 19.6 Å². The van der Waals surface area contributed by atoms with Crippen LogP contribution in [-0.4, -0.2) is 38.3 Å². The van der Waals surface area contributed by atoms with E-state index in [-0.39, 0.29) is 12.0 Å². The predicted octanol–water partition coefficient (Wildman–Crippen LogP) is 0.527. The van der Waals surface area contributed by atoms with E-state index in [2.05, 4.69) is 24.5 Å². The second-order valence-corrected chi connectivity index (χ2v) is 4.39. The van der Waals surface area contributed by atoms with Crippen LogP contribution in [-0.2, 0) is 9.53 Å². The van der Waals surface area contributed by atoms with Gasteiger partial charge in [-0.15, -0.1) is 0 Å². The first-order chi connectivity index (χ1) is 7.20. The Labute approximate surface area is 91.8 Å². The summed E-state index contributed by atoms with van der Waals surface area (Å²) in [5.41, 5.74) is 0. The minimum atomic E-state index is -0.294. The summed E-state index contributed by atoms with van der Waals surface area (Å²) >= 11 is 0. The normalized spacial score (nSPS) is 21.7.